The lowest BCUT2D eigenvalue weighted by molar-refractivity contribution is 0.114. The van der Waals surface area contributed by atoms with Gasteiger partial charge in [0.15, 0.2) is 11.5 Å². The summed E-state index contributed by atoms with van der Waals surface area (Å²) in [4.78, 5) is 7.04. The largest absolute Gasteiger partial charge is 0.493 e. The van der Waals surface area contributed by atoms with Crippen LogP contribution >= 0.6 is 0 Å². The maximum absolute atomic E-state index is 5.49. The van der Waals surface area contributed by atoms with E-state index >= 15 is 0 Å². The van der Waals surface area contributed by atoms with Gasteiger partial charge in [0, 0.05) is 31.4 Å². The fourth-order valence-electron chi connectivity index (χ4n) is 3.52. The number of rotatable bonds is 4. The van der Waals surface area contributed by atoms with Crippen LogP contribution in [-0.2, 0) is 6.54 Å². The van der Waals surface area contributed by atoms with Gasteiger partial charge in [0.05, 0.1) is 14.2 Å². The van der Waals surface area contributed by atoms with Crippen LogP contribution < -0.4 is 14.8 Å². The number of nitrogens with one attached hydrogen (secondary N) is 1. The Labute approximate surface area is 120 Å². The van der Waals surface area contributed by atoms with Gasteiger partial charge in [0.1, 0.15) is 5.69 Å². The van der Waals surface area contributed by atoms with Crippen LogP contribution in [0.15, 0.2) is 12.3 Å². The van der Waals surface area contributed by atoms with E-state index in [0.717, 1.165) is 49.3 Å². The Morgan fingerprint density at radius 1 is 1.35 bits per heavy atom. The van der Waals surface area contributed by atoms with Gasteiger partial charge in [-0.05, 0) is 31.8 Å². The molecule has 2 saturated heterocycles. The molecular weight excluding hydrogens is 254 g/mol. The molecule has 110 valence electrons. The smallest absolute Gasteiger partial charge is 0.183 e. The van der Waals surface area contributed by atoms with Crippen molar-refractivity contribution < 1.29 is 9.47 Å². The van der Waals surface area contributed by atoms with E-state index in [2.05, 4.69) is 15.2 Å². The average molecular weight is 277 g/mol. The number of likely N-dealkylation sites (tertiary alicyclic amines) is 1. The molecule has 2 atom stereocenters. The maximum Gasteiger partial charge on any atom is 0.183 e. The van der Waals surface area contributed by atoms with Gasteiger partial charge < -0.3 is 14.8 Å². The maximum atomic E-state index is 5.49. The Hall–Kier alpha value is -1.33. The van der Waals surface area contributed by atoms with Crippen molar-refractivity contribution in [2.45, 2.75) is 25.4 Å². The number of fused-ring (bicyclic) bond motifs is 1. The summed E-state index contributed by atoms with van der Waals surface area (Å²) in [6.45, 7) is 4.23. The molecule has 1 aromatic heterocycles. The van der Waals surface area contributed by atoms with Crippen LogP contribution in [0, 0.1) is 5.92 Å². The molecule has 0 radical (unpaired) electrons. The van der Waals surface area contributed by atoms with Gasteiger partial charge in [0.2, 0.25) is 0 Å². The van der Waals surface area contributed by atoms with Crippen LogP contribution in [0.5, 0.6) is 11.5 Å². The first kappa shape index (κ1) is 13.6. The lowest BCUT2D eigenvalue weighted by Gasteiger charge is -2.37. The normalized spacial score (nSPS) is 26.3. The summed E-state index contributed by atoms with van der Waals surface area (Å²) in [6, 6.07) is 2.49. The number of piperidine rings is 1. The van der Waals surface area contributed by atoms with E-state index in [1.165, 1.54) is 12.8 Å². The highest BCUT2D eigenvalue weighted by Gasteiger charge is 2.35. The molecule has 2 fully saturated rings. The summed E-state index contributed by atoms with van der Waals surface area (Å²) in [7, 11) is 3.35. The highest BCUT2D eigenvalue weighted by atomic mass is 16.5. The fourth-order valence-corrected chi connectivity index (χ4v) is 3.52. The zero-order valence-electron chi connectivity index (χ0n) is 12.3. The summed E-state index contributed by atoms with van der Waals surface area (Å²) < 4.78 is 10.8. The Morgan fingerprint density at radius 3 is 3.05 bits per heavy atom. The molecule has 20 heavy (non-hydrogen) atoms. The minimum absolute atomic E-state index is 0.640. The van der Waals surface area contributed by atoms with E-state index in [9.17, 15) is 0 Å². The molecule has 3 heterocycles. The topological polar surface area (TPSA) is 46.6 Å². The standard InChI is InChI=1S/C15H23N3O2/c1-19-14-5-6-17-12(15(14)20-2)10-18-7-3-4-11-8-16-9-13(11)18/h5-6,11,13,16H,3-4,7-10H2,1-2H3. The first-order valence-corrected chi connectivity index (χ1v) is 7.34. The SMILES string of the molecule is COc1ccnc(CN2CCCC3CNCC32)c1OC. The van der Waals surface area contributed by atoms with Crippen molar-refractivity contribution in [2.75, 3.05) is 33.9 Å². The lowest BCUT2D eigenvalue weighted by atomic mass is 9.92. The Kier molecular flexibility index (Phi) is 4.08. The summed E-state index contributed by atoms with van der Waals surface area (Å²) >= 11 is 0. The molecule has 1 aromatic rings. The molecule has 0 saturated carbocycles. The van der Waals surface area contributed by atoms with E-state index in [0.29, 0.717) is 6.04 Å². The van der Waals surface area contributed by atoms with Crippen LogP contribution in [0.3, 0.4) is 0 Å². The van der Waals surface area contributed by atoms with Crippen molar-refractivity contribution in [3.8, 4) is 11.5 Å². The van der Waals surface area contributed by atoms with Crippen molar-refractivity contribution in [1.29, 1.82) is 0 Å². The van der Waals surface area contributed by atoms with E-state index in [1.54, 1.807) is 20.4 Å². The van der Waals surface area contributed by atoms with E-state index in [-0.39, 0.29) is 0 Å². The molecule has 2 aliphatic heterocycles. The van der Waals surface area contributed by atoms with Crippen LogP contribution in [0.4, 0.5) is 0 Å². The van der Waals surface area contributed by atoms with Crippen molar-refractivity contribution in [3.63, 3.8) is 0 Å². The second-order valence-corrected chi connectivity index (χ2v) is 5.59. The summed E-state index contributed by atoms with van der Waals surface area (Å²) in [5.41, 5.74) is 0.972. The first-order chi connectivity index (χ1) is 9.83. The van der Waals surface area contributed by atoms with E-state index in [1.807, 2.05) is 6.07 Å². The van der Waals surface area contributed by atoms with Crippen molar-refractivity contribution in [2.24, 2.45) is 5.92 Å². The zero-order valence-corrected chi connectivity index (χ0v) is 12.3. The summed E-state index contributed by atoms with van der Waals surface area (Å²) in [5.74, 6) is 2.32. The molecular formula is C15H23N3O2. The predicted octanol–water partition coefficient (Wildman–Crippen LogP) is 1.28. The highest BCUT2D eigenvalue weighted by molar-refractivity contribution is 5.42. The second kappa shape index (κ2) is 5.97. The number of ether oxygens (including phenoxy) is 2. The molecule has 2 unspecified atom stereocenters. The van der Waals surface area contributed by atoms with Gasteiger partial charge in [-0.25, -0.2) is 0 Å². The second-order valence-electron chi connectivity index (χ2n) is 5.59. The van der Waals surface area contributed by atoms with Crippen molar-refractivity contribution >= 4 is 0 Å². The van der Waals surface area contributed by atoms with E-state index < -0.39 is 0 Å². The molecule has 0 spiro atoms. The average Bonchev–Trinajstić information content (AvgIpc) is 2.96. The van der Waals surface area contributed by atoms with Crippen LogP contribution in [-0.4, -0.2) is 49.8 Å². The first-order valence-electron chi connectivity index (χ1n) is 7.34. The lowest BCUT2D eigenvalue weighted by Crippen LogP contribution is -2.44. The zero-order chi connectivity index (χ0) is 13.9. The predicted molar refractivity (Wildman–Crippen MR) is 77.1 cm³/mol. The van der Waals surface area contributed by atoms with Crippen LogP contribution in [0.25, 0.3) is 0 Å². The number of hydrogen-bond donors (Lipinski definition) is 1. The van der Waals surface area contributed by atoms with Gasteiger partial charge in [-0.15, -0.1) is 0 Å². The molecule has 0 amide bonds. The third-order valence-corrected chi connectivity index (χ3v) is 4.51. The van der Waals surface area contributed by atoms with Crippen LogP contribution in [0.2, 0.25) is 0 Å². The van der Waals surface area contributed by atoms with Gasteiger partial charge in [0.25, 0.3) is 0 Å². The quantitative estimate of drug-likeness (QED) is 0.898. The number of nitrogens with zero attached hydrogens (tertiary/aromatic N) is 2. The molecule has 5 nitrogen and oxygen atoms in total. The summed E-state index contributed by atoms with van der Waals surface area (Å²) in [5, 5.41) is 3.51. The Balaban J connectivity index is 1.80. The molecule has 3 rings (SSSR count). The summed E-state index contributed by atoms with van der Waals surface area (Å²) in [6.07, 6.45) is 4.41. The molecule has 2 aliphatic rings. The number of aromatic nitrogens is 1. The number of methoxy groups -OCH3 is 2. The Morgan fingerprint density at radius 2 is 2.25 bits per heavy atom. The minimum atomic E-state index is 0.640. The monoisotopic (exact) mass is 277 g/mol. The van der Waals surface area contributed by atoms with Gasteiger partial charge in [-0.3, -0.25) is 9.88 Å². The van der Waals surface area contributed by atoms with Gasteiger partial charge >= 0.3 is 0 Å². The Bertz CT molecular complexity index is 466. The fraction of sp³-hybridized carbons (Fsp3) is 0.667. The van der Waals surface area contributed by atoms with Crippen molar-refractivity contribution in [3.05, 3.63) is 18.0 Å². The van der Waals surface area contributed by atoms with E-state index in [4.69, 9.17) is 9.47 Å². The van der Waals surface area contributed by atoms with Crippen molar-refractivity contribution in [1.82, 2.24) is 15.2 Å². The minimum Gasteiger partial charge on any atom is -0.493 e. The number of hydrogen-bond acceptors (Lipinski definition) is 5. The third-order valence-electron chi connectivity index (χ3n) is 4.51. The number of pyridine rings is 1. The highest BCUT2D eigenvalue weighted by Crippen LogP contribution is 2.33. The van der Waals surface area contributed by atoms with Gasteiger partial charge in [-0.1, -0.05) is 0 Å². The van der Waals surface area contributed by atoms with Crippen LogP contribution in [0.1, 0.15) is 18.5 Å². The molecule has 0 aromatic carbocycles. The molecule has 0 aliphatic carbocycles. The molecule has 5 heteroatoms. The molecule has 0 bridgehead atoms. The molecule has 1 N–H and O–H groups in total. The van der Waals surface area contributed by atoms with Gasteiger partial charge in [-0.2, -0.15) is 0 Å². The third kappa shape index (κ3) is 2.47.